The maximum atomic E-state index is 13.7. The van der Waals surface area contributed by atoms with Gasteiger partial charge in [0.2, 0.25) is 5.78 Å². The number of allylic oxidation sites excluding steroid dienone is 1. The van der Waals surface area contributed by atoms with Crippen LogP contribution in [0.4, 0.5) is 14.5 Å². The lowest BCUT2D eigenvalue weighted by Gasteiger charge is -2.22. The molecule has 3 nitrogen and oxygen atoms in total. The van der Waals surface area contributed by atoms with Crippen LogP contribution in [-0.2, 0) is 4.79 Å². The molecule has 1 atom stereocenters. The van der Waals surface area contributed by atoms with Crippen LogP contribution >= 0.6 is 0 Å². The first kappa shape index (κ1) is 15.3. The van der Waals surface area contributed by atoms with Gasteiger partial charge in [0.25, 0.3) is 0 Å². The maximum Gasteiger partial charge on any atom is 0.334 e. The molecule has 0 aliphatic heterocycles. The number of ketones is 1. The third-order valence-electron chi connectivity index (χ3n) is 2.77. The first-order valence-corrected chi connectivity index (χ1v) is 5.78. The van der Waals surface area contributed by atoms with Crippen molar-refractivity contribution in [2.45, 2.75) is 18.4 Å². The Morgan fingerprint density at radius 2 is 1.95 bits per heavy atom. The number of benzene rings is 1. The number of nitrogens with zero attached hydrogens (tertiary/aromatic N) is 1. The van der Waals surface area contributed by atoms with Crippen LogP contribution in [0.1, 0.15) is 18.1 Å². The fourth-order valence-corrected chi connectivity index (χ4v) is 1.58. The predicted molar refractivity (Wildman–Crippen MR) is 70.5 cm³/mol. The minimum absolute atomic E-state index is 0.00742. The summed E-state index contributed by atoms with van der Waals surface area (Å²) in [6.07, 6.45) is -1.52. The van der Waals surface area contributed by atoms with E-state index in [2.05, 4.69) is 6.58 Å². The Morgan fingerprint density at radius 3 is 2.37 bits per heavy atom. The summed E-state index contributed by atoms with van der Waals surface area (Å²) in [6.45, 7) is 3.24. The average Bonchev–Trinajstić information content (AvgIpc) is 2.38. The van der Waals surface area contributed by atoms with Crippen molar-refractivity contribution >= 4 is 11.5 Å². The van der Waals surface area contributed by atoms with Crippen LogP contribution in [0.15, 0.2) is 36.9 Å². The van der Waals surface area contributed by atoms with E-state index < -0.39 is 24.2 Å². The summed E-state index contributed by atoms with van der Waals surface area (Å²) in [7, 11) is 3.63. The number of aliphatic hydroxyl groups is 1. The summed E-state index contributed by atoms with van der Waals surface area (Å²) >= 11 is 0. The van der Waals surface area contributed by atoms with Gasteiger partial charge in [0.15, 0.2) is 0 Å². The lowest BCUT2D eigenvalue weighted by Crippen LogP contribution is -2.35. The highest BCUT2D eigenvalue weighted by Crippen LogP contribution is 2.33. The van der Waals surface area contributed by atoms with Crippen LogP contribution in [0.3, 0.4) is 0 Å². The van der Waals surface area contributed by atoms with Gasteiger partial charge in [-0.05, 0) is 17.7 Å². The largest absolute Gasteiger partial charge is 0.382 e. The van der Waals surface area contributed by atoms with Crippen LogP contribution in [0.25, 0.3) is 0 Å². The van der Waals surface area contributed by atoms with Gasteiger partial charge in [-0.1, -0.05) is 18.2 Å². The molecule has 0 saturated carbocycles. The first-order chi connectivity index (χ1) is 8.80. The van der Waals surface area contributed by atoms with Crippen molar-refractivity contribution in [2.24, 2.45) is 0 Å². The van der Waals surface area contributed by atoms with Gasteiger partial charge in [0, 0.05) is 26.2 Å². The van der Waals surface area contributed by atoms with Crippen LogP contribution in [0, 0.1) is 0 Å². The van der Waals surface area contributed by atoms with E-state index in [0.717, 1.165) is 11.8 Å². The van der Waals surface area contributed by atoms with E-state index in [1.54, 1.807) is 17.0 Å². The molecular weight excluding hydrogens is 252 g/mol. The number of anilines is 1. The Kier molecular flexibility index (Phi) is 4.78. The topological polar surface area (TPSA) is 40.5 Å². The van der Waals surface area contributed by atoms with Crippen molar-refractivity contribution in [2.75, 3.05) is 19.0 Å². The lowest BCUT2D eigenvalue weighted by atomic mass is 9.98. The molecule has 1 aromatic rings. The number of alkyl halides is 2. The zero-order valence-corrected chi connectivity index (χ0v) is 10.9. The van der Waals surface area contributed by atoms with E-state index in [-0.39, 0.29) is 5.56 Å². The fraction of sp³-hybridized carbons (Fsp3) is 0.357. The Labute approximate surface area is 111 Å². The van der Waals surface area contributed by atoms with Crippen LogP contribution < -0.4 is 4.90 Å². The smallest absolute Gasteiger partial charge is 0.334 e. The highest BCUT2D eigenvalue weighted by Gasteiger charge is 2.45. The highest BCUT2D eigenvalue weighted by molar-refractivity contribution is 5.87. The summed E-state index contributed by atoms with van der Waals surface area (Å²) in [5.74, 6) is -5.15. The molecule has 104 valence electrons. The molecule has 0 spiro atoms. The number of halogens is 2. The van der Waals surface area contributed by atoms with Gasteiger partial charge >= 0.3 is 5.92 Å². The van der Waals surface area contributed by atoms with Crippen molar-refractivity contribution in [3.63, 3.8) is 0 Å². The van der Waals surface area contributed by atoms with Gasteiger partial charge in [0.1, 0.15) is 6.10 Å². The van der Waals surface area contributed by atoms with Gasteiger partial charge in [0.05, 0.1) is 0 Å². The quantitative estimate of drug-likeness (QED) is 0.807. The van der Waals surface area contributed by atoms with Crippen molar-refractivity contribution in [3.8, 4) is 0 Å². The van der Waals surface area contributed by atoms with E-state index >= 15 is 0 Å². The zero-order chi connectivity index (χ0) is 14.6. The Hall–Kier alpha value is -1.75. The minimum Gasteiger partial charge on any atom is -0.382 e. The van der Waals surface area contributed by atoms with Gasteiger partial charge in [-0.15, -0.1) is 6.58 Å². The molecule has 0 amide bonds. The van der Waals surface area contributed by atoms with Gasteiger partial charge in [-0.2, -0.15) is 8.78 Å². The number of rotatable bonds is 6. The molecular formula is C14H17F2NO2. The molecule has 0 radical (unpaired) electrons. The molecule has 19 heavy (non-hydrogen) atoms. The molecule has 0 aliphatic rings. The number of carbonyl (C=O) groups is 1. The predicted octanol–water partition coefficient (Wildman–Crippen LogP) is 2.57. The lowest BCUT2D eigenvalue weighted by molar-refractivity contribution is -0.160. The van der Waals surface area contributed by atoms with Gasteiger partial charge < -0.3 is 10.0 Å². The molecule has 0 aliphatic carbocycles. The molecule has 1 aromatic carbocycles. The van der Waals surface area contributed by atoms with E-state index in [1.807, 2.05) is 14.1 Å². The van der Waals surface area contributed by atoms with Crippen molar-refractivity contribution in [3.05, 3.63) is 42.5 Å². The van der Waals surface area contributed by atoms with Crippen molar-refractivity contribution < 1.29 is 18.7 Å². The Balaban J connectivity index is 2.95. The molecule has 1 unspecified atom stereocenters. The molecule has 1 N–H and O–H groups in total. The van der Waals surface area contributed by atoms with Crippen LogP contribution in [0.2, 0.25) is 0 Å². The van der Waals surface area contributed by atoms with Gasteiger partial charge in [-0.3, -0.25) is 4.79 Å². The molecule has 0 saturated heterocycles. The maximum absolute atomic E-state index is 13.7. The van der Waals surface area contributed by atoms with Crippen LogP contribution in [0.5, 0.6) is 0 Å². The Bertz CT molecular complexity index is 455. The monoisotopic (exact) mass is 269 g/mol. The summed E-state index contributed by atoms with van der Waals surface area (Å²) in [4.78, 5) is 13.1. The number of hydrogen-bond donors (Lipinski definition) is 1. The first-order valence-electron chi connectivity index (χ1n) is 5.78. The van der Waals surface area contributed by atoms with E-state index in [1.165, 1.54) is 12.1 Å². The van der Waals surface area contributed by atoms with Crippen molar-refractivity contribution in [1.29, 1.82) is 0 Å². The fourth-order valence-electron chi connectivity index (χ4n) is 1.58. The summed E-state index contributed by atoms with van der Waals surface area (Å²) in [6, 6.07) is 5.98. The average molecular weight is 269 g/mol. The second kappa shape index (κ2) is 5.93. The SMILES string of the molecule is C=CCC(=O)C(F)(F)C(O)c1ccc(N(C)C)cc1. The third kappa shape index (κ3) is 3.38. The van der Waals surface area contributed by atoms with Gasteiger partial charge in [-0.25, -0.2) is 0 Å². The zero-order valence-electron chi connectivity index (χ0n) is 10.9. The molecule has 0 fully saturated rings. The minimum atomic E-state index is -3.81. The summed E-state index contributed by atoms with van der Waals surface area (Å²) in [5.41, 5.74) is 0.824. The second-order valence-corrected chi connectivity index (χ2v) is 4.43. The van der Waals surface area contributed by atoms with E-state index in [9.17, 15) is 18.7 Å². The molecule has 5 heteroatoms. The molecule has 1 rings (SSSR count). The molecule has 0 bridgehead atoms. The van der Waals surface area contributed by atoms with Crippen molar-refractivity contribution in [1.82, 2.24) is 0 Å². The molecule has 0 aromatic heterocycles. The van der Waals surface area contributed by atoms with E-state index in [0.29, 0.717) is 0 Å². The number of hydrogen-bond acceptors (Lipinski definition) is 3. The standard InChI is InChI=1S/C14H17F2NO2/c1-4-5-12(18)14(15,16)13(19)10-6-8-11(9-7-10)17(2)3/h4,6-9,13,19H,1,5H2,2-3H3. The summed E-state index contributed by atoms with van der Waals surface area (Å²) < 4.78 is 27.4. The normalized spacial score (nSPS) is 12.9. The second-order valence-electron chi connectivity index (χ2n) is 4.43. The highest BCUT2D eigenvalue weighted by atomic mass is 19.3. The Morgan fingerprint density at radius 1 is 1.42 bits per heavy atom. The number of Topliss-reactive ketones (excluding diaryl/α,β-unsaturated/α-hetero) is 1. The van der Waals surface area contributed by atoms with Crippen LogP contribution in [-0.4, -0.2) is 30.9 Å². The summed E-state index contributed by atoms with van der Waals surface area (Å²) in [5, 5.41) is 9.66. The third-order valence-corrected chi connectivity index (χ3v) is 2.77. The number of aliphatic hydroxyl groups excluding tert-OH is 1. The van der Waals surface area contributed by atoms with E-state index in [4.69, 9.17) is 0 Å². The number of carbonyl (C=O) groups excluding carboxylic acids is 1. The molecule has 0 heterocycles.